The van der Waals surface area contributed by atoms with Crippen LogP contribution in [-0.4, -0.2) is 11.4 Å². The number of hydrogen-bond acceptors (Lipinski definition) is 3. The Morgan fingerprint density at radius 2 is 2.29 bits per heavy atom. The fourth-order valence-electron chi connectivity index (χ4n) is 1.38. The number of thiophene rings is 1. The van der Waals surface area contributed by atoms with E-state index in [1.54, 1.807) is 23.1 Å². The first-order chi connectivity index (χ1) is 6.76. The van der Waals surface area contributed by atoms with Crippen molar-refractivity contribution in [2.45, 2.75) is 11.5 Å². The normalized spacial score (nSPS) is 11.1. The van der Waals surface area contributed by atoms with Gasteiger partial charge in [0.1, 0.15) is 0 Å². The molecule has 1 aromatic heterocycles. The van der Waals surface area contributed by atoms with Crippen LogP contribution in [0.2, 0.25) is 0 Å². The number of thioether (sulfide) groups is 1. The van der Waals surface area contributed by atoms with E-state index < -0.39 is 0 Å². The summed E-state index contributed by atoms with van der Waals surface area (Å²) >= 11 is 5.86. The minimum Gasteiger partial charge on any atom is -0.392 e. The number of rotatable bonds is 2. The van der Waals surface area contributed by atoms with E-state index in [0.29, 0.717) is 0 Å². The minimum atomic E-state index is 0.121. The maximum Gasteiger partial charge on any atom is 0.0682 e. The molecule has 0 aliphatic carbocycles. The highest BCUT2D eigenvalue weighted by Gasteiger charge is 2.07. The maximum absolute atomic E-state index is 9.12. The third-order valence-corrected chi connectivity index (χ3v) is 5.23. The molecular formula is C10H9IOS2. The molecule has 0 saturated heterocycles. The average molecular weight is 336 g/mol. The van der Waals surface area contributed by atoms with Gasteiger partial charge < -0.3 is 5.11 Å². The molecule has 0 atom stereocenters. The second kappa shape index (κ2) is 4.38. The average Bonchev–Trinajstić information content (AvgIpc) is 2.61. The summed E-state index contributed by atoms with van der Waals surface area (Å²) in [6, 6.07) is 4.13. The second-order valence-electron chi connectivity index (χ2n) is 2.92. The first kappa shape index (κ1) is 10.7. The summed E-state index contributed by atoms with van der Waals surface area (Å²) in [5.41, 5.74) is 0.996. The number of aliphatic hydroxyl groups excluding tert-OH is 1. The molecule has 2 aromatic rings. The number of aliphatic hydroxyl groups is 1. The predicted molar refractivity (Wildman–Crippen MR) is 72.2 cm³/mol. The molecule has 2 rings (SSSR count). The molecule has 0 aliphatic heterocycles. The van der Waals surface area contributed by atoms with E-state index in [4.69, 9.17) is 5.11 Å². The fraction of sp³-hybridized carbons (Fsp3) is 0.200. The molecule has 0 spiro atoms. The Labute approximate surface area is 105 Å². The zero-order valence-corrected chi connectivity index (χ0v) is 11.4. The molecule has 1 N–H and O–H groups in total. The highest BCUT2D eigenvalue weighted by atomic mass is 127. The summed E-state index contributed by atoms with van der Waals surface area (Å²) in [5, 5.41) is 12.6. The highest BCUT2D eigenvalue weighted by Crippen LogP contribution is 2.35. The van der Waals surface area contributed by atoms with Crippen molar-refractivity contribution in [2.75, 3.05) is 6.26 Å². The largest absolute Gasteiger partial charge is 0.392 e. The van der Waals surface area contributed by atoms with Crippen LogP contribution in [0.4, 0.5) is 0 Å². The molecule has 0 bridgehead atoms. The van der Waals surface area contributed by atoms with Gasteiger partial charge in [0.15, 0.2) is 0 Å². The second-order valence-corrected chi connectivity index (χ2v) is 5.81. The van der Waals surface area contributed by atoms with Crippen molar-refractivity contribution in [3.63, 3.8) is 0 Å². The van der Waals surface area contributed by atoms with Crippen molar-refractivity contribution < 1.29 is 5.11 Å². The van der Waals surface area contributed by atoms with Gasteiger partial charge in [0.05, 0.1) is 6.61 Å². The van der Waals surface area contributed by atoms with Gasteiger partial charge in [0.25, 0.3) is 0 Å². The fourth-order valence-corrected chi connectivity index (χ4v) is 4.24. The zero-order valence-electron chi connectivity index (χ0n) is 7.58. The molecule has 0 radical (unpaired) electrons. The molecule has 0 fully saturated rings. The molecule has 0 unspecified atom stereocenters. The molecule has 4 heteroatoms. The van der Waals surface area contributed by atoms with Crippen molar-refractivity contribution in [3.05, 3.63) is 26.6 Å². The molecule has 1 aromatic carbocycles. The van der Waals surface area contributed by atoms with E-state index >= 15 is 0 Å². The summed E-state index contributed by atoms with van der Waals surface area (Å²) in [7, 11) is 0. The molecule has 0 saturated carbocycles. The maximum atomic E-state index is 9.12. The van der Waals surface area contributed by atoms with Gasteiger partial charge in [-0.1, -0.05) is 0 Å². The van der Waals surface area contributed by atoms with Crippen LogP contribution in [0.15, 0.2) is 22.4 Å². The Kier molecular flexibility index (Phi) is 3.36. The Morgan fingerprint density at radius 1 is 1.50 bits per heavy atom. The SMILES string of the molecule is CSc1csc2c(I)cc(CO)cc12. The van der Waals surface area contributed by atoms with Crippen LogP contribution in [0.5, 0.6) is 0 Å². The van der Waals surface area contributed by atoms with Gasteiger partial charge in [-0.25, -0.2) is 0 Å². The topological polar surface area (TPSA) is 20.2 Å². The summed E-state index contributed by atoms with van der Waals surface area (Å²) in [6.07, 6.45) is 2.08. The first-order valence-electron chi connectivity index (χ1n) is 4.10. The first-order valence-corrected chi connectivity index (χ1v) is 7.29. The lowest BCUT2D eigenvalue weighted by atomic mass is 10.2. The van der Waals surface area contributed by atoms with Crippen LogP contribution in [-0.2, 0) is 6.61 Å². The van der Waals surface area contributed by atoms with Crippen LogP contribution in [0.25, 0.3) is 10.1 Å². The van der Waals surface area contributed by atoms with E-state index in [2.05, 4.69) is 40.3 Å². The molecular weight excluding hydrogens is 327 g/mol. The summed E-state index contributed by atoms with van der Waals surface area (Å²) in [6.45, 7) is 0.121. The molecule has 74 valence electrons. The number of fused-ring (bicyclic) bond motifs is 1. The molecule has 0 aliphatic rings. The monoisotopic (exact) mass is 336 g/mol. The van der Waals surface area contributed by atoms with Gasteiger partial charge in [0, 0.05) is 23.9 Å². The third kappa shape index (κ3) is 1.80. The lowest BCUT2D eigenvalue weighted by Gasteiger charge is -2.00. The van der Waals surface area contributed by atoms with E-state index in [0.717, 1.165) is 5.56 Å². The van der Waals surface area contributed by atoms with E-state index in [1.807, 2.05) is 6.07 Å². The van der Waals surface area contributed by atoms with Crippen LogP contribution in [0, 0.1) is 3.57 Å². The van der Waals surface area contributed by atoms with Crippen LogP contribution < -0.4 is 0 Å². The molecule has 0 amide bonds. The van der Waals surface area contributed by atoms with Gasteiger partial charge in [-0.2, -0.15) is 0 Å². The van der Waals surface area contributed by atoms with Gasteiger partial charge in [-0.05, 0) is 46.5 Å². The lowest BCUT2D eigenvalue weighted by molar-refractivity contribution is 0.282. The van der Waals surface area contributed by atoms with Gasteiger partial charge in [-0.15, -0.1) is 23.1 Å². The minimum absolute atomic E-state index is 0.121. The molecule has 1 nitrogen and oxygen atoms in total. The van der Waals surface area contributed by atoms with E-state index in [-0.39, 0.29) is 6.61 Å². The Morgan fingerprint density at radius 3 is 2.93 bits per heavy atom. The summed E-state index contributed by atoms with van der Waals surface area (Å²) in [4.78, 5) is 1.30. The standard InChI is InChI=1S/C10H9IOS2/c1-13-9-5-14-10-7(9)2-6(4-12)3-8(10)11/h2-3,5,12H,4H2,1H3. The van der Waals surface area contributed by atoms with E-state index in [1.165, 1.54) is 18.6 Å². The van der Waals surface area contributed by atoms with Crippen LogP contribution in [0.3, 0.4) is 0 Å². The summed E-state index contributed by atoms with van der Waals surface area (Å²) in [5.74, 6) is 0. The van der Waals surface area contributed by atoms with Crippen molar-refractivity contribution in [3.8, 4) is 0 Å². The summed E-state index contributed by atoms with van der Waals surface area (Å²) < 4.78 is 2.56. The van der Waals surface area contributed by atoms with Gasteiger partial charge in [-0.3, -0.25) is 0 Å². The highest BCUT2D eigenvalue weighted by molar-refractivity contribution is 14.1. The van der Waals surface area contributed by atoms with Gasteiger partial charge >= 0.3 is 0 Å². The van der Waals surface area contributed by atoms with Crippen molar-refractivity contribution in [2.24, 2.45) is 0 Å². The molecule has 1 heterocycles. The van der Waals surface area contributed by atoms with Crippen molar-refractivity contribution in [1.82, 2.24) is 0 Å². The number of halogens is 1. The number of benzene rings is 1. The molecule has 14 heavy (non-hydrogen) atoms. The van der Waals surface area contributed by atoms with Crippen molar-refractivity contribution >= 4 is 55.8 Å². The Balaban J connectivity index is 2.73. The lowest BCUT2D eigenvalue weighted by Crippen LogP contribution is -1.84. The Hall–Kier alpha value is 0.220. The number of hydrogen-bond donors (Lipinski definition) is 1. The smallest absolute Gasteiger partial charge is 0.0682 e. The van der Waals surface area contributed by atoms with Crippen molar-refractivity contribution in [1.29, 1.82) is 0 Å². The predicted octanol–water partition coefficient (Wildman–Crippen LogP) is 3.72. The zero-order chi connectivity index (χ0) is 10.1. The Bertz CT molecular complexity index is 464. The third-order valence-electron chi connectivity index (χ3n) is 2.06. The van der Waals surface area contributed by atoms with E-state index in [9.17, 15) is 0 Å². The quantitative estimate of drug-likeness (QED) is 0.666. The van der Waals surface area contributed by atoms with Crippen LogP contribution in [0.1, 0.15) is 5.56 Å². The van der Waals surface area contributed by atoms with Crippen LogP contribution >= 0.6 is 45.7 Å². The van der Waals surface area contributed by atoms with Gasteiger partial charge in [0.2, 0.25) is 0 Å².